The maximum Gasteiger partial charge on any atom is 0.226 e. The van der Waals surface area contributed by atoms with Crippen LogP contribution in [0.4, 0.5) is 0 Å². The molecule has 3 N–H and O–H groups in total. The number of rotatable bonds is 5. The molecule has 2 saturated heterocycles. The van der Waals surface area contributed by atoms with Crippen LogP contribution in [-0.2, 0) is 11.3 Å². The van der Waals surface area contributed by atoms with Crippen molar-refractivity contribution in [2.45, 2.75) is 31.5 Å². The number of nitrogens with zero attached hydrogens (tertiary/aromatic N) is 1. The van der Waals surface area contributed by atoms with Crippen molar-refractivity contribution < 1.29 is 14.3 Å². The number of ether oxygens (including phenoxy) is 2. The number of hydrazine groups is 1. The standard InChI is InChI=1S/C24H29ClN4O3/c25-18-4-1-16(2-5-18)15-29-9-7-19(8-10-29)27-24(30)20-14-26-28-23(20)17-3-6-21-22(13-17)32-12-11-31-21/h1-6,13,19-20,23,26,28H,7-12,14-15H2,(H,27,30). The van der Waals surface area contributed by atoms with E-state index in [0.29, 0.717) is 19.8 Å². The fraction of sp³-hybridized carbons (Fsp3) is 0.458. The molecule has 2 atom stereocenters. The SMILES string of the molecule is O=C(NC1CCN(Cc2ccc(Cl)cc2)CC1)C1CNNC1c1ccc2c(c1)OCCO2. The summed E-state index contributed by atoms with van der Waals surface area (Å²) in [5, 5.41) is 4.06. The zero-order valence-corrected chi connectivity index (χ0v) is 18.7. The van der Waals surface area contributed by atoms with E-state index in [1.165, 1.54) is 5.56 Å². The van der Waals surface area contributed by atoms with Gasteiger partial charge in [0.2, 0.25) is 5.91 Å². The van der Waals surface area contributed by atoms with E-state index in [-0.39, 0.29) is 23.9 Å². The summed E-state index contributed by atoms with van der Waals surface area (Å²) in [6.45, 7) is 4.58. The van der Waals surface area contributed by atoms with Crippen LogP contribution in [-0.4, -0.2) is 49.7 Å². The van der Waals surface area contributed by atoms with Crippen LogP contribution in [0, 0.1) is 5.92 Å². The largest absolute Gasteiger partial charge is 0.486 e. The van der Waals surface area contributed by atoms with Gasteiger partial charge in [-0.05, 0) is 48.2 Å². The van der Waals surface area contributed by atoms with Crippen molar-refractivity contribution in [3.05, 3.63) is 58.6 Å². The van der Waals surface area contributed by atoms with E-state index < -0.39 is 0 Å². The van der Waals surface area contributed by atoms with Gasteiger partial charge in [0.25, 0.3) is 0 Å². The molecular formula is C24H29ClN4O3. The first-order valence-corrected chi connectivity index (χ1v) is 11.7. The fourth-order valence-corrected chi connectivity index (χ4v) is 4.83. The summed E-state index contributed by atoms with van der Waals surface area (Å²) < 4.78 is 11.3. The molecule has 0 aromatic heterocycles. The third kappa shape index (κ3) is 4.86. The van der Waals surface area contributed by atoms with Crippen molar-refractivity contribution >= 4 is 17.5 Å². The molecule has 3 aliphatic heterocycles. The summed E-state index contributed by atoms with van der Waals surface area (Å²) in [4.78, 5) is 15.6. The van der Waals surface area contributed by atoms with Gasteiger partial charge < -0.3 is 14.8 Å². The molecule has 2 aromatic rings. The van der Waals surface area contributed by atoms with E-state index in [2.05, 4.69) is 33.2 Å². The highest BCUT2D eigenvalue weighted by atomic mass is 35.5. The maximum absolute atomic E-state index is 13.1. The number of amides is 1. The highest BCUT2D eigenvalue weighted by molar-refractivity contribution is 6.30. The van der Waals surface area contributed by atoms with Crippen LogP contribution in [0.15, 0.2) is 42.5 Å². The second kappa shape index (κ2) is 9.67. The van der Waals surface area contributed by atoms with E-state index >= 15 is 0 Å². The molecule has 0 saturated carbocycles. The van der Waals surface area contributed by atoms with Crippen LogP contribution in [0.3, 0.4) is 0 Å². The number of fused-ring (bicyclic) bond motifs is 1. The maximum atomic E-state index is 13.1. The third-order valence-electron chi connectivity index (χ3n) is 6.50. The highest BCUT2D eigenvalue weighted by Gasteiger charge is 2.36. The summed E-state index contributed by atoms with van der Waals surface area (Å²) >= 11 is 5.98. The smallest absolute Gasteiger partial charge is 0.226 e. The van der Waals surface area contributed by atoms with Crippen LogP contribution in [0.5, 0.6) is 11.5 Å². The van der Waals surface area contributed by atoms with Crippen LogP contribution < -0.4 is 25.6 Å². The van der Waals surface area contributed by atoms with Crippen LogP contribution in [0.25, 0.3) is 0 Å². The molecule has 3 heterocycles. The molecule has 0 bridgehead atoms. The Kier molecular flexibility index (Phi) is 6.50. The molecule has 0 aliphatic carbocycles. The van der Waals surface area contributed by atoms with Gasteiger partial charge in [-0.15, -0.1) is 0 Å². The zero-order chi connectivity index (χ0) is 21.9. The first-order valence-electron chi connectivity index (χ1n) is 11.3. The van der Waals surface area contributed by atoms with Gasteiger partial charge in [-0.2, -0.15) is 0 Å². The van der Waals surface area contributed by atoms with Crippen LogP contribution in [0.1, 0.15) is 30.0 Å². The Labute approximate surface area is 193 Å². The third-order valence-corrected chi connectivity index (χ3v) is 6.75. The first kappa shape index (κ1) is 21.5. The summed E-state index contributed by atoms with van der Waals surface area (Å²) in [5.74, 6) is 1.43. The first-order chi connectivity index (χ1) is 15.7. The number of hydrogen-bond acceptors (Lipinski definition) is 6. The van der Waals surface area contributed by atoms with E-state index in [9.17, 15) is 4.79 Å². The molecule has 2 unspecified atom stereocenters. The van der Waals surface area contributed by atoms with Gasteiger partial charge in [0.1, 0.15) is 13.2 Å². The fourth-order valence-electron chi connectivity index (χ4n) is 4.70. The van der Waals surface area contributed by atoms with Crippen molar-refractivity contribution in [3.8, 4) is 11.5 Å². The van der Waals surface area contributed by atoms with Gasteiger partial charge in [-0.25, -0.2) is 5.43 Å². The lowest BCUT2D eigenvalue weighted by atomic mass is 9.93. The lowest BCUT2D eigenvalue weighted by Crippen LogP contribution is -2.47. The van der Waals surface area contributed by atoms with Crippen molar-refractivity contribution in [3.63, 3.8) is 0 Å². The molecule has 32 heavy (non-hydrogen) atoms. The molecule has 7 nitrogen and oxygen atoms in total. The Balaban J connectivity index is 1.15. The minimum Gasteiger partial charge on any atom is -0.486 e. The average Bonchev–Trinajstić information content (AvgIpc) is 3.32. The second-order valence-electron chi connectivity index (χ2n) is 8.70. The molecule has 0 spiro atoms. The Hall–Kier alpha value is -2.32. The summed E-state index contributed by atoms with van der Waals surface area (Å²) in [6.07, 6.45) is 1.92. The zero-order valence-electron chi connectivity index (χ0n) is 18.0. The van der Waals surface area contributed by atoms with Gasteiger partial charge in [-0.1, -0.05) is 29.8 Å². The van der Waals surface area contributed by atoms with Gasteiger partial charge >= 0.3 is 0 Å². The molecule has 3 aliphatic rings. The molecule has 0 radical (unpaired) electrons. The monoisotopic (exact) mass is 456 g/mol. The predicted octanol–water partition coefficient (Wildman–Crippen LogP) is 2.66. The Bertz CT molecular complexity index is 947. The minimum absolute atomic E-state index is 0.0959. The molecule has 2 aromatic carbocycles. The van der Waals surface area contributed by atoms with Crippen LogP contribution in [0.2, 0.25) is 5.02 Å². The number of carbonyl (C=O) groups is 1. The van der Waals surface area contributed by atoms with Gasteiger partial charge in [0, 0.05) is 37.2 Å². The van der Waals surface area contributed by atoms with E-state index in [4.69, 9.17) is 21.1 Å². The summed E-state index contributed by atoms with van der Waals surface area (Å²) in [7, 11) is 0. The van der Waals surface area contributed by atoms with Crippen molar-refractivity contribution in [1.29, 1.82) is 0 Å². The van der Waals surface area contributed by atoms with Gasteiger partial charge in [0.15, 0.2) is 11.5 Å². The molecule has 170 valence electrons. The normalized spacial score (nSPS) is 23.8. The molecule has 1 amide bonds. The van der Waals surface area contributed by atoms with E-state index in [1.54, 1.807) is 0 Å². The van der Waals surface area contributed by atoms with Crippen molar-refractivity contribution in [2.75, 3.05) is 32.8 Å². The number of halogens is 1. The Morgan fingerprint density at radius 3 is 2.59 bits per heavy atom. The number of hydrogen-bond donors (Lipinski definition) is 3. The lowest BCUT2D eigenvalue weighted by Gasteiger charge is -2.33. The molecule has 5 rings (SSSR count). The second-order valence-corrected chi connectivity index (χ2v) is 9.13. The average molecular weight is 457 g/mol. The number of carbonyl (C=O) groups excluding carboxylic acids is 1. The number of benzene rings is 2. The lowest BCUT2D eigenvalue weighted by molar-refractivity contribution is -0.126. The summed E-state index contributed by atoms with van der Waals surface area (Å²) in [6, 6.07) is 14.1. The predicted molar refractivity (Wildman–Crippen MR) is 123 cm³/mol. The topological polar surface area (TPSA) is 74.9 Å². The molecule has 2 fully saturated rings. The van der Waals surface area contributed by atoms with Crippen molar-refractivity contribution in [1.82, 2.24) is 21.1 Å². The van der Waals surface area contributed by atoms with E-state index in [1.807, 2.05) is 30.3 Å². The number of nitrogens with one attached hydrogen (secondary N) is 3. The summed E-state index contributed by atoms with van der Waals surface area (Å²) in [5.41, 5.74) is 8.71. The minimum atomic E-state index is -0.176. The number of piperidine rings is 1. The van der Waals surface area contributed by atoms with Crippen LogP contribution >= 0.6 is 11.6 Å². The quantitative estimate of drug-likeness (QED) is 0.642. The highest BCUT2D eigenvalue weighted by Crippen LogP contribution is 2.35. The molecular weight excluding hydrogens is 428 g/mol. The van der Waals surface area contributed by atoms with E-state index in [0.717, 1.165) is 54.6 Å². The Morgan fingerprint density at radius 1 is 1.06 bits per heavy atom. The Morgan fingerprint density at radius 2 is 1.81 bits per heavy atom. The molecule has 8 heteroatoms. The number of likely N-dealkylation sites (tertiary alicyclic amines) is 1. The van der Waals surface area contributed by atoms with Gasteiger partial charge in [-0.3, -0.25) is 15.1 Å². The van der Waals surface area contributed by atoms with Gasteiger partial charge in [0.05, 0.1) is 12.0 Å². The van der Waals surface area contributed by atoms with Crippen molar-refractivity contribution in [2.24, 2.45) is 5.92 Å².